The van der Waals surface area contributed by atoms with Gasteiger partial charge in [-0.1, -0.05) is 12.1 Å². The lowest BCUT2D eigenvalue weighted by atomic mass is 9.87. The van der Waals surface area contributed by atoms with Gasteiger partial charge in [0, 0.05) is 0 Å². The molecule has 1 atom stereocenters. The fraction of sp³-hybridized carbons (Fsp3) is 0.500. The second-order valence-corrected chi connectivity index (χ2v) is 4.05. The number of benzene rings is 1. The van der Waals surface area contributed by atoms with E-state index in [0.717, 1.165) is 0 Å². The number of methoxy groups -OCH3 is 1. The highest BCUT2D eigenvalue weighted by Gasteiger charge is 2.42. The van der Waals surface area contributed by atoms with Crippen LogP contribution in [0, 0.1) is 0 Å². The molecule has 16 heavy (non-hydrogen) atoms. The van der Waals surface area contributed by atoms with Crippen molar-refractivity contribution in [3.8, 4) is 5.75 Å². The number of alkyl halides is 2. The Kier molecular flexibility index (Phi) is 3.10. The van der Waals surface area contributed by atoms with Crippen LogP contribution in [-0.2, 0) is 0 Å². The van der Waals surface area contributed by atoms with Gasteiger partial charge in [-0.2, -0.15) is 0 Å². The summed E-state index contributed by atoms with van der Waals surface area (Å²) in [5, 5.41) is 2.72. The summed E-state index contributed by atoms with van der Waals surface area (Å²) < 4.78 is 32.3. The number of ether oxygens (including phenoxy) is 1. The van der Waals surface area contributed by atoms with Crippen molar-refractivity contribution in [2.24, 2.45) is 0 Å². The summed E-state index contributed by atoms with van der Waals surface area (Å²) >= 11 is 0. The van der Waals surface area contributed by atoms with Crippen LogP contribution in [0.4, 0.5) is 8.78 Å². The van der Waals surface area contributed by atoms with Gasteiger partial charge in [0.15, 0.2) is 0 Å². The van der Waals surface area contributed by atoms with Gasteiger partial charge in [0.25, 0.3) is 5.92 Å². The standard InChI is InChI=1S/C12H15F2NO/c1-16-10-4-2-9(3-5-10)11-6-7-15-8-12(11,13)14/h2-5,11,15H,6-8H2,1H3. The van der Waals surface area contributed by atoms with Crippen LogP contribution in [0.3, 0.4) is 0 Å². The van der Waals surface area contributed by atoms with E-state index >= 15 is 0 Å². The Balaban J connectivity index is 2.21. The van der Waals surface area contributed by atoms with Gasteiger partial charge in [0.2, 0.25) is 0 Å². The largest absolute Gasteiger partial charge is 0.497 e. The summed E-state index contributed by atoms with van der Waals surface area (Å²) in [5.41, 5.74) is 0.687. The van der Waals surface area contributed by atoms with Crippen LogP contribution in [0.1, 0.15) is 17.9 Å². The number of hydrogen-bond acceptors (Lipinski definition) is 2. The van der Waals surface area contributed by atoms with E-state index in [1.807, 2.05) is 0 Å². The van der Waals surface area contributed by atoms with Crippen LogP contribution in [-0.4, -0.2) is 26.1 Å². The van der Waals surface area contributed by atoms with Crippen LogP contribution in [0.25, 0.3) is 0 Å². The lowest BCUT2D eigenvalue weighted by Gasteiger charge is -2.32. The molecule has 4 heteroatoms. The number of rotatable bonds is 2. The number of hydrogen-bond donors (Lipinski definition) is 1. The minimum Gasteiger partial charge on any atom is -0.497 e. The zero-order valence-corrected chi connectivity index (χ0v) is 9.17. The third kappa shape index (κ3) is 2.16. The van der Waals surface area contributed by atoms with E-state index in [-0.39, 0.29) is 6.54 Å². The molecular formula is C12H15F2NO. The lowest BCUT2D eigenvalue weighted by molar-refractivity contribution is -0.0420. The molecule has 1 aromatic carbocycles. The molecule has 0 spiro atoms. The molecule has 1 aliphatic heterocycles. The van der Waals surface area contributed by atoms with Crippen molar-refractivity contribution in [2.45, 2.75) is 18.3 Å². The monoisotopic (exact) mass is 227 g/mol. The maximum absolute atomic E-state index is 13.6. The first-order valence-electron chi connectivity index (χ1n) is 5.36. The van der Waals surface area contributed by atoms with E-state index in [2.05, 4.69) is 5.32 Å². The molecule has 88 valence electrons. The van der Waals surface area contributed by atoms with Crippen LogP contribution >= 0.6 is 0 Å². The smallest absolute Gasteiger partial charge is 0.267 e. The van der Waals surface area contributed by atoms with E-state index < -0.39 is 11.8 Å². The maximum Gasteiger partial charge on any atom is 0.267 e. The third-order valence-corrected chi connectivity index (χ3v) is 3.00. The van der Waals surface area contributed by atoms with E-state index in [0.29, 0.717) is 24.3 Å². The van der Waals surface area contributed by atoms with Crippen LogP contribution in [0.2, 0.25) is 0 Å². The molecule has 0 amide bonds. The molecule has 1 saturated heterocycles. The number of piperidine rings is 1. The molecule has 1 fully saturated rings. The predicted molar refractivity (Wildman–Crippen MR) is 58.2 cm³/mol. The zero-order chi connectivity index (χ0) is 11.6. The van der Waals surface area contributed by atoms with Gasteiger partial charge >= 0.3 is 0 Å². The predicted octanol–water partition coefficient (Wildman–Crippen LogP) is 2.41. The van der Waals surface area contributed by atoms with Gasteiger partial charge in [0.05, 0.1) is 19.6 Å². The van der Waals surface area contributed by atoms with E-state index in [1.165, 1.54) is 0 Å². The summed E-state index contributed by atoms with van der Waals surface area (Å²) in [4.78, 5) is 0. The van der Waals surface area contributed by atoms with Gasteiger partial charge < -0.3 is 10.1 Å². The summed E-state index contributed by atoms with van der Waals surface area (Å²) in [5.74, 6) is -2.65. The van der Waals surface area contributed by atoms with Gasteiger partial charge in [-0.15, -0.1) is 0 Å². The number of halogens is 2. The molecule has 2 rings (SSSR count). The highest BCUT2D eigenvalue weighted by Crippen LogP contribution is 2.38. The lowest BCUT2D eigenvalue weighted by Crippen LogP contribution is -2.44. The molecule has 1 aromatic rings. The van der Waals surface area contributed by atoms with Gasteiger partial charge in [-0.25, -0.2) is 8.78 Å². The highest BCUT2D eigenvalue weighted by molar-refractivity contribution is 5.31. The second-order valence-electron chi connectivity index (χ2n) is 4.05. The average Bonchev–Trinajstić information content (AvgIpc) is 2.29. The Morgan fingerprint density at radius 3 is 2.56 bits per heavy atom. The minimum absolute atomic E-state index is 0.232. The summed E-state index contributed by atoms with van der Waals surface area (Å²) in [7, 11) is 1.56. The average molecular weight is 227 g/mol. The minimum atomic E-state index is -2.66. The third-order valence-electron chi connectivity index (χ3n) is 3.00. The number of nitrogens with one attached hydrogen (secondary N) is 1. The first-order chi connectivity index (χ1) is 7.63. The van der Waals surface area contributed by atoms with Gasteiger partial charge in [0.1, 0.15) is 5.75 Å². The summed E-state index contributed by atoms with van der Waals surface area (Å²) in [6.07, 6.45) is 0.472. The molecule has 2 nitrogen and oxygen atoms in total. The molecule has 0 aliphatic carbocycles. The topological polar surface area (TPSA) is 21.3 Å². The van der Waals surface area contributed by atoms with E-state index in [1.54, 1.807) is 31.4 Å². The van der Waals surface area contributed by atoms with Crippen molar-refractivity contribution in [1.29, 1.82) is 0 Å². The van der Waals surface area contributed by atoms with Gasteiger partial charge in [-0.3, -0.25) is 0 Å². The normalized spacial score (nSPS) is 24.1. The molecule has 1 N–H and O–H groups in total. The first-order valence-corrected chi connectivity index (χ1v) is 5.36. The van der Waals surface area contributed by atoms with Crippen LogP contribution < -0.4 is 10.1 Å². The quantitative estimate of drug-likeness (QED) is 0.837. The van der Waals surface area contributed by atoms with Crippen LogP contribution in [0.5, 0.6) is 5.75 Å². The molecule has 0 radical (unpaired) electrons. The Bertz CT molecular complexity index is 351. The molecule has 0 bridgehead atoms. The molecular weight excluding hydrogens is 212 g/mol. The molecule has 1 aliphatic rings. The van der Waals surface area contributed by atoms with E-state index in [9.17, 15) is 8.78 Å². The fourth-order valence-corrected chi connectivity index (χ4v) is 2.08. The highest BCUT2D eigenvalue weighted by atomic mass is 19.3. The van der Waals surface area contributed by atoms with Crippen molar-refractivity contribution in [1.82, 2.24) is 5.32 Å². The van der Waals surface area contributed by atoms with Crippen LogP contribution in [0.15, 0.2) is 24.3 Å². The van der Waals surface area contributed by atoms with Crippen molar-refractivity contribution in [2.75, 3.05) is 20.2 Å². The van der Waals surface area contributed by atoms with Crippen molar-refractivity contribution >= 4 is 0 Å². The second kappa shape index (κ2) is 4.37. The van der Waals surface area contributed by atoms with Crippen molar-refractivity contribution in [3.05, 3.63) is 29.8 Å². The van der Waals surface area contributed by atoms with E-state index in [4.69, 9.17) is 4.74 Å². The first kappa shape index (κ1) is 11.3. The molecule has 0 saturated carbocycles. The molecule has 0 aromatic heterocycles. The summed E-state index contributed by atoms with van der Waals surface area (Å²) in [6, 6.07) is 6.91. The Hall–Kier alpha value is -1.16. The fourth-order valence-electron chi connectivity index (χ4n) is 2.08. The Labute approximate surface area is 93.6 Å². The molecule has 1 unspecified atom stereocenters. The summed E-state index contributed by atoms with van der Waals surface area (Å²) in [6.45, 7) is 0.413. The van der Waals surface area contributed by atoms with Crippen molar-refractivity contribution < 1.29 is 13.5 Å². The maximum atomic E-state index is 13.6. The Morgan fingerprint density at radius 2 is 2.00 bits per heavy atom. The SMILES string of the molecule is COc1ccc(C2CCNCC2(F)F)cc1. The van der Waals surface area contributed by atoms with Gasteiger partial charge in [-0.05, 0) is 30.7 Å². The van der Waals surface area contributed by atoms with Crippen molar-refractivity contribution in [3.63, 3.8) is 0 Å². The Morgan fingerprint density at radius 1 is 1.31 bits per heavy atom. The zero-order valence-electron chi connectivity index (χ0n) is 9.17. The molecule has 1 heterocycles.